The Hall–Kier alpha value is -1.22. The number of morpholine rings is 1. The number of nitrogens with one attached hydrogen (secondary N) is 1. The molecule has 0 radical (unpaired) electrons. The Balaban J connectivity index is 1.85. The average molecular weight is 317 g/mol. The smallest absolute Gasteiger partial charge is 0.242 e. The quantitative estimate of drug-likeness (QED) is 0.586. The molecule has 1 aliphatic heterocycles. The highest BCUT2D eigenvalue weighted by atomic mass is 32.2. The number of benzene rings is 1. The van der Waals surface area contributed by atoms with E-state index in [1.54, 1.807) is 0 Å². The van der Waals surface area contributed by atoms with E-state index in [1.807, 2.05) is 0 Å². The Labute approximate surface area is 124 Å². The molecule has 1 aromatic carbocycles. The highest BCUT2D eigenvalue weighted by molar-refractivity contribution is 7.89. The van der Waals surface area contributed by atoms with E-state index < -0.39 is 15.8 Å². The number of sulfonamides is 1. The third-order valence-corrected chi connectivity index (χ3v) is 4.83. The van der Waals surface area contributed by atoms with Crippen molar-refractivity contribution in [1.29, 1.82) is 0 Å². The molecule has 0 amide bonds. The molecule has 0 aliphatic carbocycles. The summed E-state index contributed by atoms with van der Waals surface area (Å²) >= 11 is 0. The van der Waals surface area contributed by atoms with E-state index in [1.165, 1.54) is 6.07 Å². The maximum absolute atomic E-state index is 13.1. The first-order valence-corrected chi connectivity index (χ1v) is 8.32. The zero-order valence-electron chi connectivity index (χ0n) is 11.7. The molecule has 0 aromatic heterocycles. The van der Waals surface area contributed by atoms with E-state index in [9.17, 15) is 12.8 Å². The summed E-state index contributed by atoms with van der Waals surface area (Å²) in [4.78, 5) is 2.00. The normalized spacial score (nSPS) is 17.0. The van der Waals surface area contributed by atoms with Gasteiger partial charge in [-0.1, -0.05) is 0 Å². The van der Waals surface area contributed by atoms with Gasteiger partial charge >= 0.3 is 0 Å². The fraction of sp³-hybridized carbons (Fsp3) is 0.538. The van der Waals surface area contributed by atoms with Crippen LogP contribution in [-0.2, 0) is 14.8 Å². The molecular formula is C13H20FN3O3S. The molecule has 118 valence electrons. The van der Waals surface area contributed by atoms with Crippen molar-refractivity contribution in [3.05, 3.63) is 24.0 Å². The number of ether oxygens (including phenoxy) is 1. The predicted octanol–water partition coefficient (Wildman–Crippen LogP) is 0.409. The first-order valence-electron chi connectivity index (χ1n) is 6.84. The van der Waals surface area contributed by atoms with Gasteiger partial charge < -0.3 is 10.5 Å². The maximum atomic E-state index is 13.1. The zero-order chi connectivity index (χ0) is 15.3. The van der Waals surface area contributed by atoms with E-state index in [4.69, 9.17) is 10.5 Å². The van der Waals surface area contributed by atoms with Crippen LogP contribution in [-0.4, -0.2) is 52.7 Å². The molecule has 1 aliphatic rings. The van der Waals surface area contributed by atoms with Crippen molar-refractivity contribution in [3.63, 3.8) is 0 Å². The molecule has 0 saturated carbocycles. The van der Waals surface area contributed by atoms with E-state index in [2.05, 4.69) is 9.62 Å². The standard InChI is InChI=1S/C13H20FN3O3S/c14-11-2-3-12(15)13(10-11)21(18,19)16-4-1-5-17-6-8-20-9-7-17/h2-3,10,16H,1,4-9,15H2. The molecule has 1 fully saturated rings. The topological polar surface area (TPSA) is 84.7 Å². The van der Waals surface area contributed by atoms with Crippen LogP contribution >= 0.6 is 0 Å². The third kappa shape index (κ3) is 4.63. The first kappa shape index (κ1) is 16.2. The minimum Gasteiger partial charge on any atom is -0.398 e. The Kier molecular flexibility index (Phi) is 5.51. The molecule has 0 atom stereocenters. The Morgan fingerprint density at radius 2 is 2.05 bits per heavy atom. The number of nitrogens with two attached hydrogens (primary N) is 1. The number of hydrogen-bond acceptors (Lipinski definition) is 5. The van der Waals surface area contributed by atoms with Gasteiger partial charge in [-0.2, -0.15) is 0 Å². The molecule has 0 spiro atoms. The highest BCUT2D eigenvalue weighted by Gasteiger charge is 2.18. The Morgan fingerprint density at radius 3 is 2.76 bits per heavy atom. The van der Waals surface area contributed by atoms with Crippen molar-refractivity contribution in [2.24, 2.45) is 0 Å². The minimum atomic E-state index is -3.77. The molecule has 6 nitrogen and oxygen atoms in total. The molecule has 21 heavy (non-hydrogen) atoms. The van der Waals surface area contributed by atoms with Crippen LogP contribution in [0.5, 0.6) is 0 Å². The van der Waals surface area contributed by atoms with Gasteiger partial charge in [-0.25, -0.2) is 17.5 Å². The highest BCUT2D eigenvalue weighted by Crippen LogP contribution is 2.18. The molecule has 1 saturated heterocycles. The lowest BCUT2D eigenvalue weighted by atomic mass is 10.3. The van der Waals surface area contributed by atoms with Crippen LogP contribution in [0, 0.1) is 5.82 Å². The van der Waals surface area contributed by atoms with E-state index >= 15 is 0 Å². The SMILES string of the molecule is Nc1ccc(F)cc1S(=O)(=O)NCCCN1CCOCC1. The second-order valence-corrected chi connectivity index (χ2v) is 6.62. The van der Waals surface area contributed by atoms with E-state index in [0.717, 1.165) is 31.8 Å². The summed E-state index contributed by atoms with van der Waals surface area (Å²) in [5.41, 5.74) is 5.63. The Bertz CT molecular complexity index is 574. The van der Waals surface area contributed by atoms with Crippen molar-refractivity contribution >= 4 is 15.7 Å². The summed E-state index contributed by atoms with van der Waals surface area (Å²) in [5, 5.41) is 0. The summed E-state index contributed by atoms with van der Waals surface area (Å²) in [5.74, 6) is -0.627. The van der Waals surface area contributed by atoms with Gasteiger partial charge in [0.1, 0.15) is 10.7 Å². The van der Waals surface area contributed by atoms with E-state index in [-0.39, 0.29) is 17.1 Å². The van der Waals surface area contributed by atoms with Crippen LogP contribution in [0.25, 0.3) is 0 Å². The van der Waals surface area contributed by atoms with Crippen LogP contribution < -0.4 is 10.5 Å². The summed E-state index contributed by atoms with van der Waals surface area (Å²) in [7, 11) is -3.77. The number of nitrogen functional groups attached to an aromatic ring is 1. The molecule has 2 rings (SSSR count). The summed E-state index contributed by atoms with van der Waals surface area (Å²) in [6.07, 6.45) is 0.675. The van der Waals surface area contributed by atoms with Gasteiger partial charge in [0, 0.05) is 19.6 Å². The molecule has 0 bridgehead atoms. The monoisotopic (exact) mass is 317 g/mol. The number of halogens is 1. The lowest BCUT2D eigenvalue weighted by Gasteiger charge is -2.26. The van der Waals surface area contributed by atoms with Crippen molar-refractivity contribution < 1.29 is 17.5 Å². The number of hydrogen-bond donors (Lipinski definition) is 2. The molecular weight excluding hydrogens is 297 g/mol. The van der Waals surface area contributed by atoms with Gasteiger partial charge in [0.15, 0.2) is 0 Å². The van der Waals surface area contributed by atoms with Gasteiger partial charge in [-0.15, -0.1) is 0 Å². The van der Waals surface area contributed by atoms with Crippen molar-refractivity contribution in [3.8, 4) is 0 Å². The van der Waals surface area contributed by atoms with E-state index in [0.29, 0.717) is 19.6 Å². The predicted molar refractivity (Wildman–Crippen MR) is 77.9 cm³/mol. The second kappa shape index (κ2) is 7.17. The average Bonchev–Trinajstić information content (AvgIpc) is 2.47. The molecule has 1 heterocycles. The Morgan fingerprint density at radius 1 is 1.33 bits per heavy atom. The van der Waals surface area contributed by atoms with Crippen LogP contribution in [0.1, 0.15) is 6.42 Å². The van der Waals surface area contributed by atoms with Crippen molar-refractivity contribution in [2.75, 3.05) is 45.1 Å². The second-order valence-electron chi connectivity index (χ2n) is 4.89. The fourth-order valence-corrected chi connectivity index (χ4v) is 3.37. The number of nitrogens with zero attached hydrogens (tertiary/aromatic N) is 1. The first-order chi connectivity index (χ1) is 9.99. The van der Waals surface area contributed by atoms with Crippen LogP contribution in [0.4, 0.5) is 10.1 Å². The van der Waals surface area contributed by atoms with Crippen LogP contribution in [0.3, 0.4) is 0 Å². The van der Waals surface area contributed by atoms with Crippen molar-refractivity contribution in [2.45, 2.75) is 11.3 Å². The van der Waals surface area contributed by atoms with Gasteiger partial charge in [-0.05, 0) is 31.2 Å². The lowest BCUT2D eigenvalue weighted by Crippen LogP contribution is -2.38. The van der Waals surface area contributed by atoms with Crippen molar-refractivity contribution in [1.82, 2.24) is 9.62 Å². The van der Waals surface area contributed by atoms with Crippen LogP contribution in [0.2, 0.25) is 0 Å². The minimum absolute atomic E-state index is 0.0390. The maximum Gasteiger partial charge on any atom is 0.242 e. The van der Waals surface area contributed by atoms with Gasteiger partial charge in [-0.3, -0.25) is 4.90 Å². The molecule has 3 N–H and O–H groups in total. The molecule has 8 heteroatoms. The third-order valence-electron chi connectivity index (χ3n) is 3.31. The van der Waals surface area contributed by atoms with Crippen LogP contribution in [0.15, 0.2) is 23.1 Å². The summed E-state index contributed by atoms with van der Waals surface area (Å²) in [6, 6.07) is 3.31. The molecule has 0 unspecified atom stereocenters. The number of anilines is 1. The summed E-state index contributed by atoms with van der Waals surface area (Å²) < 4.78 is 45.0. The van der Waals surface area contributed by atoms with Gasteiger partial charge in [0.2, 0.25) is 10.0 Å². The largest absolute Gasteiger partial charge is 0.398 e. The lowest BCUT2D eigenvalue weighted by molar-refractivity contribution is 0.0376. The van der Waals surface area contributed by atoms with Gasteiger partial charge in [0.05, 0.1) is 18.9 Å². The van der Waals surface area contributed by atoms with Gasteiger partial charge in [0.25, 0.3) is 0 Å². The fourth-order valence-electron chi connectivity index (χ4n) is 2.15. The number of rotatable bonds is 6. The zero-order valence-corrected chi connectivity index (χ0v) is 12.5. The molecule has 1 aromatic rings. The summed E-state index contributed by atoms with van der Waals surface area (Å²) in [6.45, 7) is 4.24.